The van der Waals surface area contributed by atoms with Crippen LogP contribution in [0.4, 0.5) is 15.3 Å². The highest BCUT2D eigenvalue weighted by Gasteiger charge is 2.31. The van der Waals surface area contributed by atoms with Gasteiger partial charge in [-0.15, -0.1) is 0 Å². The zero-order valence-electron chi connectivity index (χ0n) is 16.8. The summed E-state index contributed by atoms with van der Waals surface area (Å²) in [6.45, 7) is 6.72. The van der Waals surface area contributed by atoms with Gasteiger partial charge in [0.15, 0.2) is 0 Å². The van der Waals surface area contributed by atoms with Gasteiger partial charge in [-0.1, -0.05) is 0 Å². The number of benzene rings is 1. The van der Waals surface area contributed by atoms with Crippen LogP contribution >= 0.6 is 0 Å². The van der Waals surface area contributed by atoms with Crippen molar-refractivity contribution in [3.8, 4) is 5.75 Å². The van der Waals surface area contributed by atoms with Gasteiger partial charge >= 0.3 is 12.2 Å². The summed E-state index contributed by atoms with van der Waals surface area (Å²) < 4.78 is 42.6. The molecule has 2 amide bonds. The number of rotatable bonds is 7. The number of hydrogen-bond acceptors (Lipinski definition) is 7. The SMILES string of the molecule is CCOC(=O)Nc1cc(S(=O)(=O)N2CCN(C(=O)OCC)CC2)ccc1OCC. The van der Waals surface area contributed by atoms with E-state index in [2.05, 4.69) is 5.32 Å². The number of anilines is 1. The number of amides is 2. The first-order chi connectivity index (χ1) is 13.8. The summed E-state index contributed by atoms with van der Waals surface area (Å²) in [5, 5.41) is 2.51. The Bertz CT molecular complexity index is 821. The normalized spacial score (nSPS) is 14.9. The predicted molar refractivity (Wildman–Crippen MR) is 106 cm³/mol. The maximum Gasteiger partial charge on any atom is 0.411 e. The zero-order chi connectivity index (χ0) is 21.4. The molecule has 1 aromatic rings. The summed E-state index contributed by atoms with van der Waals surface area (Å²) in [5.41, 5.74) is 0.205. The molecule has 0 unspecified atom stereocenters. The van der Waals surface area contributed by atoms with E-state index in [-0.39, 0.29) is 50.0 Å². The number of carbonyl (C=O) groups excluding carboxylic acids is 2. The molecule has 29 heavy (non-hydrogen) atoms. The summed E-state index contributed by atoms with van der Waals surface area (Å²) in [7, 11) is -3.82. The molecule has 10 nitrogen and oxygen atoms in total. The van der Waals surface area contributed by atoms with Crippen LogP contribution in [0.15, 0.2) is 23.1 Å². The number of piperazine rings is 1. The standard InChI is InChI=1S/C18H27N3O7S/c1-4-26-16-8-7-14(13-15(16)19-17(22)27-5-2)29(24,25)21-11-9-20(10-12-21)18(23)28-6-3/h7-8,13H,4-6,9-12H2,1-3H3,(H,19,22). The van der Waals surface area contributed by atoms with Crippen molar-refractivity contribution in [1.82, 2.24) is 9.21 Å². The van der Waals surface area contributed by atoms with Crippen LogP contribution in [0.5, 0.6) is 5.75 Å². The van der Waals surface area contributed by atoms with Gasteiger partial charge in [-0.2, -0.15) is 4.31 Å². The second-order valence-electron chi connectivity index (χ2n) is 6.03. The van der Waals surface area contributed by atoms with Crippen molar-refractivity contribution in [2.45, 2.75) is 25.7 Å². The van der Waals surface area contributed by atoms with Crippen LogP contribution in [0.3, 0.4) is 0 Å². The second-order valence-corrected chi connectivity index (χ2v) is 7.96. The highest BCUT2D eigenvalue weighted by Crippen LogP contribution is 2.30. The molecule has 1 fully saturated rings. The third-order valence-electron chi connectivity index (χ3n) is 4.17. The first-order valence-electron chi connectivity index (χ1n) is 9.45. The van der Waals surface area contributed by atoms with Crippen molar-refractivity contribution in [2.24, 2.45) is 0 Å². The van der Waals surface area contributed by atoms with Crippen molar-refractivity contribution in [1.29, 1.82) is 0 Å². The van der Waals surface area contributed by atoms with Crippen LogP contribution in [-0.4, -0.2) is 75.8 Å². The minimum atomic E-state index is -3.82. The number of carbonyl (C=O) groups is 2. The van der Waals surface area contributed by atoms with E-state index >= 15 is 0 Å². The van der Waals surface area contributed by atoms with E-state index in [4.69, 9.17) is 14.2 Å². The van der Waals surface area contributed by atoms with Crippen LogP contribution in [0.25, 0.3) is 0 Å². The third-order valence-corrected chi connectivity index (χ3v) is 6.06. The van der Waals surface area contributed by atoms with Gasteiger partial charge in [-0.25, -0.2) is 18.0 Å². The van der Waals surface area contributed by atoms with E-state index in [1.807, 2.05) is 0 Å². The van der Waals surface area contributed by atoms with E-state index in [0.29, 0.717) is 12.4 Å². The van der Waals surface area contributed by atoms with Gasteiger partial charge in [-0.05, 0) is 39.0 Å². The Hall–Kier alpha value is -2.53. The molecule has 1 aliphatic heterocycles. The van der Waals surface area contributed by atoms with E-state index in [9.17, 15) is 18.0 Å². The fourth-order valence-corrected chi connectivity index (χ4v) is 4.25. The van der Waals surface area contributed by atoms with E-state index in [0.717, 1.165) is 0 Å². The molecule has 0 aliphatic carbocycles. The molecule has 1 aliphatic rings. The van der Waals surface area contributed by atoms with Crippen LogP contribution in [0.1, 0.15) is 20.8 Å². The molecule has 0 saturated carbocycles. The van der Waals surface area contributed by atoms with E-state index in [1.54, 1.807) is 20.8 Å². The average molecular weight is 429 g/mol. The quantitative estimate of drug-likeness (QED) is 0.706. The number of ether oxygens (including phenoxy) is 3. The van der Waals surface area contributed by atoms with Crippen molar-refractivity contribution < 1.29 is 32.2 Å². The molecular formula is C18H27N3O7S. The molecule has 162 valence electrons. The fraction of sp³-hybridized carbons (Fsp3) is 0.556. The van der Waals surface area contributed by atoms with Gasteiger partial charge < -0.3 is 19.1 Å². The number of nitrogens with one attached hydrogen (secondary N) is 1. The Labute approximate surface area is 170 Å². The molecule has 2 rings (SSSR count). The number of hydrogen-bond donors (Lipinski definition) is 1. The lowest BCUT2D eigenvalue weighted by molar-refractivity contribution is 0.0934. The first-order valence-corrected chi connectivity index (χ1v) is 10.9. The molecule has 1 heterocycles. The highest BCUT2D eigenvalue weighted by molar-refractivity contribution is 7.89. The monoisotopic (exact) mass is 429 g/mol. The summed E-state index contributed by atoms with van der Waals surface area (Å²) in [6.07, 6.45) is -1.16. The van der Waals surface area contributed by atoms with Gasteiger partial charge in [0.2, 0.25) is 10.0 Å². The minimum Gasteiger partial charge on any atom is -0.492 e. The Balaban J connectivity index is 2.19. The lowest BCUT2D eigenvalue weighted by atomic mass is 10.3. The van der Waals surface area contributed by atoms with Gasteiger partial charge in [0.25, 0.3) is 0 Å². The van der Waals surface area contributed by atoms with Crippen molar-refractivity contribution in [3.63, 3.8) is 0 Å². The van der Waals surface area contributed by atoms with Crippen LogP contribution in [-0.2, 0) is 19.5 Å². The number of sulfonamides is 1. The van der Waals surface area contributed by atoms with Crippen LogP contribution in [0.2, 0.25) is 0 Å². The minimum absolute atomic E-state index is 0.0114. The van der Waals surface area contributed by atoms with Crippen LogP contribution < -0.4 is 10.1 Å². The molecule has 0 bridgehead atoms. The molecule has 0 atom stereocenters. The molecular weight excluding hydrogens is 402 g/mol. The molecule has 1 aromatic carbocycles. The van der Waals surface area contributed by atoms with Gasteiger partial charge in [0.1, 0.15) is 5.75 Å². The molecule has 1 saturated heterocycles. The third kappa shape index (κ3) is 5.73. The van der Waals surface area contributed by atoms with Crippen molar-refractivity contribution >= 4 is 27.9 Å². The lowest BCUT2D eigenvalue weighted by Crippen LogP contribution is -2.50. The van der Waals surface area contributed by atoms with Gasteiger partial charge in [0.05, 0.1) is 30.4 Å². The second kappa shape index (κ2) is 10.3. The number of nitrogens with zero attached hydrogens (tertiary/aromatic N) is 2. The Kier molecular flexibility index (Phi) is 8.09. The zero-order valence-corrected chi connectivity index (χ0v) is 17.7. The van der Waals surface area contributed by atoms with Crippen molar-refractivity contribution in [3.05, 3.63) is 18.2 Å². The van der Waals surface area contributed by atoms with Gasteiger partial charge in [-0.3, -0.25) is 5.32 Å². The fourth-order valence-electron chi connectivity index (χ4n) is 2.80. The summed E-state index contributed by atoms with van der Waals surface area (Å²) in [4.78, 5) is 25.1. The maximum absolute atomic E-state index is 13.0. The maximum atomic E-state index is 13.0. The summed E-state index contributed by atoms with van der Waals surface area (Å²) >= 11 is 0. The van der Waals surface area contributed by atoms with E-state index in [1.165, 1.54) is 27.4 Å². The molecule has 11 heteroatoms. The Morgan fingerprint density at radius 3 is 2.24 bits per heavy atom. The van der Waals surface area contributed by atoms with Gasteiger partial charge in [0, 0.05) is 26.2 Å². The topological polar surface area (TPSA) is 114 Å². The smallest absolute Gasteiger partial charge is 0.411 e. The molecule has 1 N–H and O–H groups in total. The molecule has 0 spiro atoms. The largest absolute Gasteiger partial charge is 0.492 e. The van der Waals surface area contributed by atoms with E-state index < -0.39 is 22.2 Å². The molecule has 0 radical (unpaired) electrons. The predicted octanol–water partition coefficient (Wildman–Crippen LogP) is 2.12. The lowest BCUT2D eigenvalue weighted by Gasteiger charge is -2.33. The average Bonchev–Trinajstić information content (AvgIpc) is 2.70. The van der Waals surface area contributed by atoms with Crippen molar-refractivity contribution in [2.75, 3.05) is 51.3 Å². The Morgan fingerprint density at radius 2 is 1.66 bits per heavy atom. The summed E-state index contributed by atoms with van der Waals surface area (Å²) in [5.74, 6) is 0.339. The van der Waals surface area contributed by atoms with Crippen LogP contribution in [0, 0.1) is 0 Å². The highest BCUT2D eigenvalue weighted by atomic mass is 32.2. The summed E-state index contributed by atoms with van der Waals surface area (Å²) in [6, 6.07) is 4.26. The molecule has 0 aromatic heterocycles. The first kappa shape index (κ1) is 22.8. The Morgan fingerprint density at radius 1 is 1.00 bits per heavy atom.